The number of carbonyl (C=O) groups excluding carboxylic acids is 1. The number of aromatic nitrogens is 1. The summed E-state index contributed by atoms with van der Waals surface area (Å²) in [5.74, 6) is 0.304. The molecule has 0 aliphatic rings. The van der Waals surface area contributed by atoms with Crippen LogP contribution in [0, 0.1) is 13.8 Å². The molecule has 0 spiro atoms. The average molecular weight is 394 g/mol. The average Bonchev–Trinajstić information content (AvgIpc) is 2.94. The third-order valence-electron chi connectivity index (χ3n) is 5.30. The largest absolute Gasteiger partial charge is 0.476 e. The Balaban J connectivity index is 2.15. The third kappa shape index (κ3) is 4.02. The summed E-state index contributed by atoms with van der Waals surface area (Å²) in [5, 5.41) is 1.14. The topological polar surface area (TPSA) is 40.5 Å². The summed E-state index contributed by atoms with van der Waals surface area (Å²) in [6.07, 6.45) is 1.06. The van der Waals surface area contributed by atoms with Crippen LogP contribution in [0.25, 0.3) is 22.0 Å². The molecule has 1 heterocycles. The van der Waals surface area contributed by atoms with Crippen molar-refractivity contribution in [2.45, 2.75) is 60.1 Å². The van der Waals surface area contributed by atoms with Gasteiger partial charge in [-0.25, -0.2) is 4.79 Å². The van der Waals surface area contributed by atoms with Crippen LogP contribution in [-0.2, 0) is 16.1 Å². The normalized spacial score (nSPS) is 11.7. The van der Waals surface area contributed by atoms with Crippen molar-refractivity contribution in [2.75, 3.05) is 6.61 Å². The Labute approximate surface area is 173 Å². The lowest BCUT2D eigenvalue weighted by Gasteiger charge is -2.24. The molecule has 4 heteroatoms. The molecule has 154 valence electrons. The molecule has 0 saturated carbocycles. The maximum atomic E-state index is 12.3. The van der Waals surface area contributed by atoms with Crippen molar-refractivity contribution in [1.29, 1.82) is 0 Å². The number of aryl methyl sites for hydroxylation is 2. The van der Waals surface area contributed by atoms with Gasteiger partial charge in [0, 0.05) is 28.7 Å². The predicted molar refractivity (Wildman–Crippen MR) is 118 cm³/mol. The highest BCUT2D eigenvalue weighted by Crippen LogP contribution is 2.38. The maximum Gasteiger partial charge on any atom is 0.349 e. The van der Waals surface area contributed by atoms with E-state index < -0.39 is 5.60 Å². The van der Waals surface area contributed by atoms with Crippen LogP contribution in [0.2, 0.25) is 0 Å². The predicted octanol–water partition coefficient (Wildman–Crippen LogP) is 6.06. The van der Waals surface area contributed by atoms with Crippen molar-refractivity contribution < 1.29 is 14.3 Å². The fourth-order valence-corrected chi connectivity index (χ4v) is 3.87. The molecule has 0 radical (unpaired) electrons. The van der Waals surface area contributed by atoms with E-state index in [9.17, 15) is 4.79 Å². The molecule has 0 aliphatic heterocycles. The molecule has 0 bridgehead atoms. The first kappa shape index (κ1) is 21.0. The summed E-state index contributed by atoms with van der Waals surface area (Å²) in [6, 6.07) is 14.5. The van der Waals surface area contributed by atoms with Crippen LogP contribution in [0.3, 0.4) is 0 Å². The summed E-state index contributed by atoms with van der Waals surface area (Å²) >= 11 is 0. The second kappa shape index (κ2) is 8.32. The molecule has 0 saturated heterocycles. The highest BCUT2D eigenvalue weighted by Gasteiger charge is 2.32. The first-order chi connectivity index (χ1) is 13.8. The molecule has 1 aromatic heterocycles. The highest BCUT2D eigenvalue weighted by molar-refractivity contribution is 5.99. The van der Waals surface area contributed by atoms with Gasteiger partial charge in [0.1, 0.15) is 5.75 Å². The first-order valence-electron chi connectivity index (χ1n) is 10.3. The Kier molecular flexibility index (Phi) is 6.02. The van der Waals surface area contributed by atoms with Crippen LogP contribution in [0.1, 0.15) is 45.4 Å². The summed E-state index contributed by atoms with van der Waals surface area (Å²) in [5.41, 5.74) is 5.08. The van der Waals surface area contributed by atoms with E-state index in [4.69, 9.17) is 9.47 Å². The van der Waals surface area contributed by atoms with Gasteiger partial charge in [-0.15, -0.1) is 0 Å². The van der Waals surface area contributed by atoms with Crippen molar-refractivity contribution >= 4 is 16.9 Å². The first-order valence-corrected chi connectivity index (χ1v) is 10.3. The van der Waals surface area contributed by atoms with Crippen molar-refractivity contribution in [3.63, 3.8) is 0 Å². The van der Waals surface area contributed by atoms with Crippen LogP contribution >= 0.6 is 0 Å². The second-order valence-electron chi connectivity index (χ2n) is 7.94. The zero-order valence-corrected chi connectivity index (χ0v) is 18.3. The van der Waals surface area contributed by atoms with Gasteiger partial charge in [0.25, 0.3) is 0 Å². The number of hydrogen-bond donors (Lipinski definition) is 0. The lowest BCUT2D eigenvalue weighted by Crippen LogP contribution is -2.39. The number of hydrogen-bond acceptors (Lipinski definition) is 3. The summed E-state index contributed by atoms with van der Waals surface area (Å²) in [4.78, 5) is 12.3. The molecule has 2 aromatic carbocycles. The molecule has 29 heavy (non-hydrogen) atoms. The molecule has 4 nitrogen and oxygen atoms in total. The minimum atomic E-state index is -1.05. The lowest BCUT2D eigenvalue weighted by atomic mass is 9.98. The quantitative estimate of drug-likeness (QED) is 0.458. The standard InChI is InChI=1S/C25H31NO3/c1-7-15-26-18(4)23(20-12-10-9-11-17(20)3)21-16-19(13-14-22(21)26)29-25(5,6)24(27)28-8-2/h9-14,16H,7-8,15H2,1-6H3. The van der Waals surface area contributed by atoms with Gasteiger partial charge in [-0.3, -0.25) is 0 Å². The molecule has 0 fully saturated rings. The number of ether oxygens (including phenoxy) is 2. The van der Waals surface area contributed by atoms with Gasteiger partial charge < -0.3 is 14.0 Å². The monoisotopic (exact) mass is 393 g/mol. The zero-order valence-electron chi connectivity index (χ0n) is 18.3. The minimum Gasteiger partial charge on any atom is -0.476 e. The number of benzene rings is 2. The number of fused-ring (bicyclic) bond motifs is 1. The van der Waals surface area contributed by atoms with E-state index in [1.807, 2.05) is 6.07 Å². The molecular weight excluding hydrogens is 362 g/mol. The summed E-state index contributed by atoms with van der Waals surface area (Å²) in [7, 11) is 0. The van der Waals surface area contributed by atoms with E-state index >= 15 is 0 Å². The Hall–Kier alpha value is -2.75. The Morgan fingerprint density at radius 1 is 1.07 bits per heavy atom. The fourth-order valence-electron chi connectivity index (χ4n) is 3.87. The smallest absolute Gasteiger partial charge is 0.349 e. The van der Waals surface area contributed by atoms with Crippen molar-refractivity contribution in [2.24, 2.45) is 0 Å². The minimum absolute atomic E-state index is 0.334. The van der Waals surface area contributed by atoms with E-state index in [-0.39, 0.29) is 5.97 Å². The Bertz CT molecular complexity index is 1030. The molecular formula is C25H31NO3. The molecule has 3 aromatic rings. The molecule has 0 aliphatic carbocycles. The molecule has 0 N–H and O–H groups in total. The van der Waals surface area contributed by atoms with Gasteiger partial charge >= 0.3 is 5.97 Å². The number of rotatable bonds is 7. The van der Waals surface area contributed by atoms with E-state index in [2.05, 4.69) is 61.7 Å². The van der Waals surface area contributed by atoms with Gasteiger partial charge in [0.05, 0.1) is 6.61 Å². The molecule has 0 amide bonds. The van der Waals surface area contributed by atoms with Crippen LogP contribution in [-0.4, -0.2) is 22.7 Å². The molecule has 0 atom stereocenters. The Morgan fingerprint density at radius 2 is 1.79 bits per heavy atom. The number of carbonyl (C=O) groups is 1. The van der Waals surface area contributed by atoms with Crippen LogP contribution in [0.5, 0.6) is 5.75 Å². The molecule has 0 unspecified atom stereocenters. The lowest BCUT2D eigenvalue weighted by molar-refractivity contribution is -0.158. The van der Waals surface area contributed by atoms with Gasteiger partial charge in [-0.05, 0) is 70.4 Å². The Morgan fingerprint density at radius 3 is 2.45 bits per heavy atom. The van der Waals surface area contributed by atoms with E-state index in [0.29, 0.717) is 12.4 Å². The van der Waals surface area contributed by atoms with Crippen LogP contribution in [0.15, 0.2) is 42.5 Å². The third-order valence-corrected chi connectivity index (χ3v) is 5.30. The van der Waals surface area contributed by atoms with Crippen molar-refractivity contribution in [3.8, 4) is 16.9 Å². The van der Waals surface area contributed by atoms with E-state index in [1.165, 1.54) is 27.9 Å². The SMILES string of the molecule is CCCn1c(C)c(-c2ccccc2C)c2cc(OC(C)(C)C(=O)OCC)ccc21. The number of esters is 1. The van der Waals surface area contributed by atoms with Crippen LogP contribution in [0.4, 0.5) is 0 Å². The van der Waals surface area contributed by atoms with Gasteiger partial charge in [-0.2, -0.15) is 0 Å². The second-order valence-corrected chi connectivity index (χ2v) is 7.94. The highest BCUT2D eigenvalue weighted by atomic mass is 16.6. The van der Waals surface area contributed by atoms with E-state index in [1.54, 1.807) is 20.8 Å². The van der Waals surface area contributed by atoms with Crippen LogP contribution < -0.4 is 4.74 Å². The van der Waals surface area contributed by atoms with Gasteiger partial charge in [0.15, 0.2) is 5.60 Å². The van der Waals surface area contributed by atoms with E-state index in [0.717, 1.165) is 18.4 Å². The van der Waals surface area contributed by atoms with Crippen molar-refractivity contribution in [1.82, 2.24) is 4.57 Å². The van der Waals surface area contributed by atoms with Crippen molar-refractivity contribution in [3.05, 3.63) is 53.7 Å². The molecule has 3 rings (SSSR count). The van der Waals surface area contributed by atoms with Gasteiger partial charge in [-0.1, -0.05) is 31.2 Å². The maximum absolute atomic E-state index is 12.3. The summed E-state index contributed by atoms with van der Waals surface area (Å²) in [6.45, 7) is 13.1. The fraction of sp³-hybridized carbons (Fsp3) is 0.400. The number of nitrogens with zero attached hydrogens (tertiary/aromatic N) is 1. The summed E-state index contributed by atoms with van der Waals surface area (Å²) < 4.78 is 13.6. The zero-order chi connectivity index (χ0) is 21.2. The van der Waals surface area contributed by atoms with Gasteiger partial charge in [0.2, 0.25) is 0 Å².